The number of hydrogen-bond acceptors (Lipinski definition) is 3. The Balaban J connectivity index is 1.71. The Kier molecular flexibility index (Phi) is 5.44. The summed E-state index contributed by atoms with van der Waals surface area (Å²) in [4.78, 5) is 37.9. The molecule has 0 radical (unpaired) electrons. The van der Waals surface area contributed by atoms with Crippen LogP contribution in [0.3, 0.4) is 0 Å². The van der Waals surface area contributed by atoms with Crippen LogP contribution in [-0.4, -0.2) is 24.3 Å². The predicted molar refractivity (Wildman–Crippen MR) is 99.4 cm³/mol. The van der Waals surface area contributed by atoms with Gasteiger partial charge in [-0.1, -0.05) is 35.3 Å². The van der Waals surface area contributed by atoms with Crippen molar-refractivity contribution in [3.05, 3.63) is 63.6 Å². The smallest absolute Gasteiger partial charge is 0.271 e. The molecule has 1 saturated heterocycles. The summed E-state index contributed by atoms with van der Waals surface area (Å²) in [6, 6.07) is 11.1. The van der Waals surface area contributed by atoms with Crippen LogP contribution in [0.2, 0.25) is 10.0 Å². The van der Waals surface area contributed by atoms with Gasteiger partial charge in [-0.2, -0.15) is 0 Å². The quantitative estimate of drug-likeness (QED) is 0.788. The summed E-state index contributed by atoms with van der Waals surface area (Å²) in [6.07, 6.45) is 1.21. The van der Waals surface area contributed by atoms with Gasteiger partial charge in [-0.25, -0.2) is 0 Å². The molecule has 3 amide bonds. The van der Waals surface area contributed by atoms with Crippen molar-refractivity contribution in [3.8, 4) is 0 Å². The third kappa shape index (κ3) is 3.81. The van der Waals surface area contributed by atoms with E-state index < -0.39 is 11.8 Å². The minimum Gasteiger partial charge on any atom is -0.311 e. The van der Waals surface area contributed by atoms with Crippen LogP contribution in [0.4, 0.5) is 5.69 Å². The first-order valence-corrected chi connectivity index (χ1v) is 8.68. The van der Waals surface area contributed by atoms with E-state index in [2.05, 4.69) is 10.9 Å². The molecule has 134 valence electrons. The van der Waals surface area contributed by atoms with Gasteiger partial charge in [-0.3, -0.25) is 25.2 Å². The fraction of sp³-hybridized carbons (Fsp3) is 0.167. The van der Waals surface area contributed by atoms with Gasteiger partial charge in [0.05, 0.1) is 21.3 Å². The molecule has 0 unspecified atom stereocenters. The zero-order valence-corrected chi connectivity index (χ0v) is 15.1. The van der Waals surface area contributed by atoms with E-state index in [0.717, 1.165) is 6.42 Å². The molecule has 6 nitrogen and oxygen atoms in total. The standard InChI is InChI=1S/C18H15Cl2N3O3/c19-13-5-2-1-4-12(13)18(26)22-21-17(25)11-7-8-14(20)15(10-11)23-9-3-6-16(23)24/h1-2,4-5,7-8,10H,3,6,9H2,(H,21,25)(H,22,26). The summed E-state index contributed by atoms with van der Waals surface area (Å²) < 4.78 is 0. The first-order chi connectivity index (χ1) is 12.5. The van der Waals surface area contributed by atoms with Crippen molar-refractivity contribution in [2.45, 2.75) is 12.8 Å². The van der Waals surface area contributed by atoms with E-state index in [1.807, 2.05) is 0 Å². The van der Waals surface area contributed by atoms with Crippen molar-refractivity contribution in [2.24, 2.45) is 0 Å². The monoisotopic (exact) mass is 391 g/mol. The number of nitrogens with zero attached hydrogens (tertiary/aromatic N) is 1. The van der Waals surface area contributed by atoms with Crippen LogP contribution in [0.25, 0.3) is 0 Å². The van der Waals surface area contributed by atoms with Crippen molar-refractivity contribution < 1.29 is 14.4 Å². The van der Waals surface area contributed by atoms with Crippen molar-refractivity contribution >= 4 is 46.6 Å². The Labute approximate surface area is 160 Å². The number of anilines is 1. The molecule has 0 spiro atoms. The van der Waals surface area contributed by atoms with Gasteiger partial charge < -0.3 is 4.90 Å². The van der Waals surface area contributed by atoms with Gasteiger partial charge in [0.2, 0.25) is 5.91 Å². The maximum atomic E-state index is 12.3. The summed E-state index contributed by atoms with van der Waals surface area (Å²) in [6.45, 7) is 0.562. The third-order valence-electron chi connectivity index (χ3n) is 3.98. The number of hydrogen-bond donors (Lipinski definition) is 2. The highest BCUT2D eigenvalue weighted by Gasteiger charge is 2.24. The van der Waals surface area contributed by atoms with E-state index in [4.69, 9.17) is 23.2 Å². The van der Waals surface area contributed by atoms with Gasteiger partial charge in [0.1, 0.15) is 0 Å². The number of benzene rings is 2. The molecule has 2 aromatic rings. The van der Waals surface area contributed by atoms with Crippen LogP contribution >= 0.6 is 23.2 Å². The maximum absolute atomic E-state index is 12.3. The van der Waals surface area contributed by atoms with E-state index in [1.54, 1.807) is 35.2 Å². The van der Waals surface area contributed by atoms with E-state index in [0.29, 0.717) is 23.7 Å². The molecule has 2 aromatic carbocycles. The highest BCUT2D eigenvalue weighted by molar-refractivity contribution is 6.34. The average Bonchev–Trinajstić information content (AvgIpc) is 3.06. The van der Waals surface area contributed by atoms with Crippen LogP contribution in [-0.2, 0) is 4.79 Å². The zero-order valence-electron chi connectivity index (χ0n) is 13.6. The van der Waals surface area contributed by atoms with E-state index in [1.165, 1.54) is 12.1 Å². The molecule has 0 bridgehead atoms. The molecule has 0 saturated carbocycles. The number of carbonyl (C=O) groups excluding carboxylic acids is 3. The molecule has 1 aliphatic rings. The summed E-state index contributed by atoms with van der Waals surface area (Å²) in [5.41, 5.74) is 5.64. The third-order valence-corrected chi connectivity index (χ3v) is 4.63. The second-order valence-electron chi connectivity index (χ2n) is 5.70. The van der Waals surface area contributed by atoms with Gasteiger partial charge in [-0.05, 0) is 36.8 Å². The molecule has 2 N–H and O–H groups in total. The lowest BCUT2D eigenvalue weighted by atomic mass is 10.1. The molecule has 26 heavy (non-hydrogen) atoms. The van der Waals surface area contributed by atoms with Crippen molar-refractivity contribution in [1.82, 2.24) is 10.9 Å². The summed E-state index contributed by atoms with van der Waals surface area (Å²) in [5, 5.41) is 0.664. The lowest BCUT2D eigenvalue weighted by Gasteiger charge is -2.18. The van der Waals surface area contributed by atoms with Crippen LogP contribution in [0.15, 0.2) is 42.5 Å². The van der Waals surface area contributed by atoms with Crippen molar-refractivity contribution in [3.63, 3.8) is 0 Å². The highest BCUT2D eigenvalue weighted by atomic mass is 35.5. The molecule has 1 heterocycles. The number of halogens is 2. The highest BCUT2D eigenvalue weighted by Crippen LogP contribution is 2.30. The van der Waals surface area contributed by atoms with E-state index in [9.17, 15) is 14.4 Å². The number of rotatable bonds is 3. The average molecular weight is 392 g/mol. The Morgan fingerprint density at radius 3 is 2.38 bits per heavy atom. The molecular weight excluding hydrogens is 377 g/mol. The van der Waals surface area contributed by atoms with E-state index in [-0.39, 0.29) is 22.1 Å². The minimum atomic E-state index is -0.534. The Hall–Kier alpha value is -2.57. The minimum absolute atomic E-state index is 0.0310. The predicted octanol–water partition coefficient (Wildman–Crippen LogP) is 3.20. The largest absolute Gasteiger partial charge is 0.311 e. The second-order valence-corrected chi connectivity index (χ2v) is 6.52. The Morgan fingerprint density at radius 2 is 1.69 bits per heavy atom. The first kappa shape index (κ1) is 18.2. The molecule has 0 atom stereocenters. The van der Waals surface area contributed by atoms with Crippen LogP contribution < -0.4 is 15.8 Å². The van der Waals surface area contributed by atoms with Gasteiger partial charge >= 0.3 is 0 Å². The van der Waals surface area contributed by atoms with Gasteiger partial charge in [0.25, 0.3) is 11.8 Å². The summed E-state index contributed by atoms with van der Waals surface area (Å²) in [7, 11) is 0. The molecule has 1 fully saturated rings. The number of amides is 3. The molecule has 3 rings (SSSR count). The topological polar surface area (TPSA) is 78.5 Å². The lowest BCUT2D eigenvalue weighted by molar-refractivity contribution is -0.117. The van der Waals surface area contributed by atoms with Gasteiger partial charge in [-0.15, -0.1) is 0 Å². The molecular formula is C18H15Cl2N3O3. The lowest BCUT2D eigenvalue weighted by Crippen LogP contribution is -2.41. The fourth-order valence-electron chi connectivity index (χ4n) is 2.66. The van der Waals surface area contributed by atoms with Crippen LogP contribution in [0.1, 0.15) is 33.6 Å². The number of nitrogens with one attached hydrogen (secondary N) is 2. The molecule has 0 aromatic heterocycles. The maximum Gasteiger partial charge on any atom is 0.271 e. The number of carbonyl (C=O) groups is 3. The van der Waals surface area contributed by atoms with Gasteiger partial charge in [0.15, 0.2) is 0 Å². The zero-order chi connectivity index (χ0) is 18.7. The van der Waals surface area contributed by atoms with Crippen molar-refractivity contribution in [2.75, 3.05) is 11.4 Å². The van der Waals surface area contributed by atoms with E-state index >= 15 is 0 Å². The SMILES string of the molecule is O=C(NNC(=O)c1ccccc1Cl)c1ccc(Cl)c(N2CCCC2=O)c1. The van der Waals surface area contributed by atoms with Crippen LogP contribution in [0, 0.1) is 0 Å². The second kappa shape index (κ2) is 7.76. The Bertz CT molecular complexity index is 886. The molecule has 0 aliphatic carbocycles. The normalized spacial score (nSPS) is 13.6. The summed E-state index contributed by atoms with van der Waals surface area (Å²) >= 11 is 12.1. The van der Waals surface area contributed by atoms with Crippen molar-refractivity contribution in [1.29, 1.82) is 0 Å². The first-order valence-electron chi connectivity index (χ1n) is 7.92. The molecule has 8 heteroatoms. The van der Waals surface area contributed by atoms with Gasteiger partial charge in [0, 0.05) is 18.5 Å². The van der Waals surface area contributed by atoms with Crippen LogP contribution in [0.5, 0.6) is 0 Å². The summed E-state index contributed by atoms with van der Waals surface area (Å²) in [5.74, 6) is -1.10. The Morgan fingerprint density at radius 1 is 0.962 bits per heavy atom. The molecule has 1 aliphatic heterocycles. The number of hydrazine groups is 1. The fourth-order valence-corrected chi connectivity index (χ4v) is 3.10.